The lowest BCUT2D eigenvalue weighted by molar-refractivity contribution is 0.353. The molecule has 2 fully saturated rings. The number of hydrogen-bond donors (Lipinski definition) is 0. The van der Waals surface area contributed by atoms with Crippen molar-refractivity contribution < 1.29 is 4.74 Å². The molecule has 2 heteroatoms. The van der Waals surface area contributed by atoms with Gasteiger partial charge in [-0.2, -0.15) is 5.26 Å². The van der Waals surface area contributed by atoms with E-state index in [1.54, 1.807) is 6.08 Å². The molecule has 0 aromatic heterocycles. The highest BCUT2D eigenvalue weighted by Crippen LogP contribution is 2.42. The molecule has 2 nitrogen and oxygen atoms in total. The van der Waals surface area contributed by atoms with Gasteiger partial charge in [-0.15, -0.1) is 0 Å². The van der Waals surface area contributed by atoms with Crippen molar-refractivity contribution in [2.45, 2.75) is 25.0 Å². The van der Waals surface area contributed by atoms with Gasteiger partial charge in [-0.1, -0.05) is 0 Å². The van der Waals surface area contributed by atoms with Gasteiger partial charge in [0.1, 0.15) is 6.10 Å². The average Bonchev–Trinajstić information content (AvgIpc) is 2.54. The van der Waals surface area contributed by atoms with E-state index in [9.17, 15) is 0 Å². The molecule has 2 unspecified atom stereocenters. The molecule has 0 aromatic rings. The van der Waals surface area contributed by atoms with Crippen molar-refractivity contribution in [2.75, 3.05) is 0 Å². The number of hydrogen-bond acceptors (Lipinski definition) is 2. The first kappa shape index (κ1) is 5.01. The molecule has 0 spiro atoms. The van der Waals surface area contributed by atoms with Gasteiger partial charge in [0.2, 0.25) is 0 Å². The lowest BCUT2D eigenvalue weighted by atomic mass is 10.2. The van der Waals surface area contributed by atoms with Crippen LogP contribution in [0.4, 0.5) is 0 Å². The maximum absolute atomic E-state index is 8.28. The summed E-state index contributed by atoms with van der Waals surface area (Å²) in [5, 5.41) is 8.28. The lowest BCUT2D eigenvalue weighted by Crippen LogP contribution is -1.84. The monoisotopic (exact) mass is 121 g/mol. The largest absolute Gasteiger partial charge is 0.365 e. The zero-order chi connectivity index (χ0) is 6.27. The van der Waals surface area contributed by atoms with E-state index in [1.807, 2.05) is 6.07 Å². The molecule has 2 atom stereocenters. The van der Waals surface area contributed by atoms with Gasteiger partial charge in [0, 0.05) is 6.08 Å². The maximum Gasteiger partial charge on any atom is 0.106 e. The predicted octanol–water partition coefficient (Wildman–Crippen LogP) is 0.998. The van der Waals surface area contributed by atoms with Gasteiger partial charge >= 0.3 is 0 Å². The number of epoxide rings is 1. The summed E-state index contributed by atoms with van der Waals surface area (Å²) in [5.74, 6) is 0. The van der Waals surface area contributed by atoms with E-state index in [0.29, 0.717) is 12.2 Å². The Bertz CT molecular complexity index is 201. The van der Waals surface area contributed by atoms with Crippen LogP contribution < -0.4 is 0 Å². The molecule has 0 N–H and O–H groups in total. The van der Waals surface area contributed by atoms with E-state index in [0.717, 1.165) is 12.8 Å². The molecule has 0 bridgehead atoms. The average molecular weight is 121 g/mol. The standard InChI is InChI=1S/C7H7NO/c8-4-3-5-1-2-6-7(5)9-6/h3,6-7H,1-2H2/b5-3-. The molecule has 1 aliphatic heterocycles. The van der Waals surface area contributed by atoms with Crippen molar-refractivity contribution in [2.24, 2.45) is 0 Å². The Morgan fingerprint density at radius 3 is 3.11 bits per heavy atom. The highest BCUT2D eigenvalue weighted by Gasteiger charge is 2.46. The number of nitrogens with zero attached hydrogens (tertiary/aromatic N) is 1. The molecule has 2 aliphatic rings. The van der Waals surface area contributed by atoms with Crippen LogP contribution in [0.2, 0.25) is 0 Å². The fraction of sp³-hybridized carbons (Fsp3) is 0.571. The van der Waals surface area contributed by atoms with E-state index < -0.39 is 0 Å². The summed E-state index contributed by atoms with van der Waals surface area (Å²) in [4.78, 5) is 0. The summed E-state index contributed by atoms with van der Waals surface area (Å²) in [6.45, 7) is 0. The van der Waals surface area contributed by atoms with E-state index in [2.05, 4.69) is 0 Å². The second-order valence-electron chi connectivity index (χ2n) is 2.48. The molecule has 0 amide bonds. The lowest BCUT2D eigenvalue weighted by Gasteiger charge is -1.90. The summed E-state index contributed by atoms with van der Waals surface area (Å²) < 4.78 is 5.20. The van der Waals surface area contributed by atoms with Gasteiger partial charge in [0.25, 0.3) is 0 Å². The van der Waals surface area contributed by atoms with Crippen LogP contribution in [0, 0.1) is 11.3 Å². The van der Waals surface area contributed by atoms with Gasteiger partial charge in [-0.25, -0.2) is 0 Å². The van der Waals surface area contributed by atoms with Crippen LogP contribution in [-0.2, 0) is 4.74 Å². The molecule has 1 aliphatic carbocycles. The molecule has 0 aromatic carbocycles. The van der Waals surface area contributed by atoms with Crippen molar-refractivity contribution in [3.05, 3.63) is 11.6 Å². The maximum atomic E-state index is 8.28. The third-order valence-corrected chi connectivity index (χ3v) is 1.92. The minimum absolute atomic E-state index is 0.338. The molecule has 1 saturated heterocycles. The number of nitriles is 1. The molecular formula is C7H7NO. The Morgan fingerprint density at radius 2 is 2.67 bits per heavy atom. The van der Waals surface area contributed by atoms with Gasteiger partial charge in [0.15, 0.2) is 0 Å². The zero-order valence-corrected chi connectivity index (χ0v) is 5.00. The summed E-state index contributed by atoms with van der Waals surface area (Å²) in [6, 6.07) is 2.02. The van der Waals surface area contributed by atoms with Gasteiger partial charge in [-0.3, -0.25) is 0 Å². The molecule has 1 heterocycles. The van der Waals surface area contributed by atoms with Crippen LogP contribution in [0.1, 0.15) is 12.8 Å². The highest BCUT2D eigenvalue weighted by atomic mass is 16.6. The van der Waals surface area contributed by atoms with Crippen LogP contribution in [0.25, 0.3) is 0 Å². The molecular weight excluding hydrogens is 114 g/mol. The van der Waals surface area contributed by atoms with Crippen molar-refractivity contribution in [3.8, 4) is 6.07 Å². The fourth-order valence-corrected chi connectivity index (χ4v) is 1.38. The first-order valence-corrected chi connectivity index (χ1v) is 3.16. The normalized spacial score (nSPS) is 42.3. The Morgan fingerprint density at radius 1 is 1.78 bits per heavy atom. The van der Waals surface area contributed by atoms with Crippen molar-refractivity contribution in [3.63, 3.8) is 0 Å². The molecule has 0 radical (unpaired) electrons. The second kappa shape index (κ2) is 1.58. The first-order valence-electron chi connectivity index (χ1n) is 3.16. The first-order chi connectivity index (χ1) is 4.42. The van der Waals surface area contributed by atoms with Crippen LogP contribution in [0.3, 0.4) is 0 Å². The van der Waals surface area contributed by atoms with E-state index in [-0.39, 0.29) is 0 Å². The molecule has 46 valence electrons. The summed E-state index contributed by atoms with van der Waals surface area (Å²) in [6.07, 6.45) is 4.63. The minimum atomic E-state index is 0.338. The third-order valence-electron chi connectivity index (χ3n) is 1.92. The Hall–Kier alpha value is -0.810. The minimum Gasteiger partial charge on any atom is -0.365 e. The third kappa shape index (κ3) is 0.655. The van der Waals surface area contributed by atoms with Crippen LogP contribution in [0.5, 0.6) is 0 Å². The molecule has 9 heavy (non-hydrogen) atoms. The number of ether oxygens (including phenoxy) is 1. The van der Waals surface area contributed by atoms with Crippen LogP contribution in [-0.4, -0.2) is 12.2 Å². The predicted molar refractivity (Wildman–Crippen MR) is 31.6 cm³/mol. The Balaban J connectivity index is 2.16. The highest BCUT2D eigenvalue weighted by molar-refractivity contribution is 5.27. The van der Waals surface area contributed by atoms with Gasteiger partial charge < -0.3 is 4.74 Å². The topological polar surface area (TPSA) is 36.3 Å². The molecule has 1 saturated carbocycles. The second-order valence-corrected chi connectivity index (χ2v) is 2.48. The van der Waals surface area contributed by atoms with Gasteiger partial charge in [-0.05, 0) is 18.4 Å². The van der Waals surface area contributed by atoms with E-state index in [4.69, 9.17) is 10.00 Å². The van der Waals surface area contributed by atoms with E-state index >= 15 is 0 Å². The SMILES string of the molecule is N#C/C=C1/CCC2OC12. The molecule has 2 rings (SSSR count). The summed E-state index contributed by atoms with van der Waals surface area (Å²) in [7, 11) is 0. The summed E-state index contributed by atoms with van der Waals surface area (Å²) >= 11 is 0. The zero-order valence-electron chi connectivity index (χ0n) is 5.00. The quantitative estimate of drug-likeness (QED) is 0.354. The fourth-order valence-electron chi connectivity index (χ4n) is 1.38. The summed E-state index contributed by atoms with van der Waals surface area (Å²) in [5.41, 5.74) is 1.20. The van der Waals surface area contributed by atoms with E-state index in [1.165, 1.54) is 5.57 Å². The smallest absolute Gasteiger partial charge is 0.106 e. The Labute approximate surface area is 53.7 Å². The number of fused-ring (bicyclic) bond motifs is 1. The number of allylic oxidation sites excluding steroid dienone is 1. The van der Waals surface area contributed by atoms with Crippen LogP contribution in [0.15, 0.2) is 11.6 Å². The van der Waals surface area contributed by atoms with Gasteiger partial charge in [0.05, 0.1) is 12.2 Å². The van der Waals surface area contributed by atoms with Crippen molar-refractivity contribution >= 4 is 0 Å². The van der Waals surface area contributed by atoms with Crippen LogP contribution >= 0.6 is 0 Å². The Kier molecular flexibility index (Phi) is 0.882. The van der Waals surface area contributed by atoms with Crippen molar-refractivity contribution in [1.82, 2.24) is 0 Å². The van der Waals surface area contributed by atoms with Crippen molar-refractivity contribution in [1.29, 1.82) is 5.26 Å². The number of rotatable bonds is 0.